The number of sulfonamides is 1. The van der Waals surface area contributed by atoms with Crippen LogP contribution in [0.15, 0.2) is 23.1 Å². The van der Waals surface area contributed by atoms with E-state index in [4.69, 9.17) is 5.11 Å². The summed E-state index contributed by atoms with van der Waals surface area (Å²) >= 11 is 0. The maximum Gasteiger partial charge on any atom is 0.243 e. The third-order valence-corrected chi connectivity index (χ3v) is 6.17. The Morgan fingerprint density at radius 3 is 2.38 bits per heavy atom. The highest BCUT2D eigenvalue weighted by atomic mass is 32.2. The summed E-state index contributed by atoms with van der Waals surface area (Å²) in [4.78, 5) is 0.00628. The molecule has 1 aliphatic rings. The van der Waals surface area contributed by atoms with Crippen molar-refractivity contribution in [1.82, 2.24) is 4.31 Å². The number of hydrogen-bond donors (Lipinski definition) is 1. The summed E-state index contributed by atoms with van der Waals surface area (Å²) in [6.45, 7) is 1.83. The molecule has 1 aliphatic carbocycles. The minimum absolute atomic E-state index is 0.00628. The first-order chi connectivity index (χ1) is 9.84. The predicted molar refractivity (Wildman–Crippen MR) is 78.9 cm³/mol. The van der Waals surface area contributed by atoms with Crippen LogP contribution in [0.2, 0.25) is 0 Å². The second-order valence-electron chi connectivity index (χ2n) is 5.84. The Labute approximate surface area is 125 Å². The lowest BCUT2D eigenvalue weighted by Gasteiger charge is -2.33. The summed E-state index contributed by atoms with van der Waals surface area (Å²) < 4.78 is 40.0. The molecular weight excluding hydrogens is 293 g/mol. The third-order valence-electron chi connectivity index (χ3n) is 4.28. The summed E-state index contributed by atoms with van der Waals surface area (Å²) in [5.74, 6) is -0.264. The van der Waals surface area contributed by atoms with Crippen LogP contribution in [0.1, 0.15) is 31.2 Å². The van der Waals surface area contributed by atoms with Crippen molar-refractivity contribution in [2.45, 2.75) is 43.5 Å². The van der Waals surface area contributed by atoms with Gasteiger partial charge in [-0.15, -0.1) is 0 Å². The molecule has 1 aromatic rings. The largest absolute Gasteiger partial charge is 0.396 e. The Bertz CT molecular complexity index is 575. The van der Waals surface area contributed by atoms with E-state index in [-0.39, 0.29) is 23.5 Å². The molecule has 1 saturated carbocycles. The molecule has 1 N–H and O–H groups in total. The van der Waals surface area contributed by atoms with Gasteiger partial charge in [0.25, 0.3) is 0 Å². The fraction of sp³-hybridized carbons (Fsp3) is 0.600. The number of aliphatic hydroxyl groups excluding tert-OH is 1. The van der Waals surface area contributed by atoms with Crippen LogP contribution in [0.3, 0.4) is 0 Å². The van der Waals surface area contributed by atoms with Crippen LogP contribution < -0.4 is 0 Å². The molecule has 0 aromatic heterocycles. The minimum Gasteiger partial charge on any atom is -0.396 e. The monoisotopic (exact) mass is 315 g/mol. The molecule has 118 valence electrons. The van der Waals surface area contributed by atoms with Gasteiger partial charge in [0.1, 0.15) is 5.82 Å². The number of benzene rings is 1. The van der Waals surface area contributed by atoms with Crippen molar-refractivity contribution < 1.29 is 17.9 Å². The smallest absolute Gasteiger partial charge is 0.243 e. The van der Waals surface area contributed by atoms with E-state index in [1.165, 1.54) is 16.4 Å². The number of aryl methyl sites for hydroxylation is 1. The lowest BCUT2D eigenvalue weighted by Crippen LogP contribution is -2.39. The lowest BCUT2D eigenvalue weighted by molar-refractivity contribution is 0.159. The summed E-state index contributed by atoms with van der Waals surface area (Å²) in [6.07, 6.45) is 3.11. The van der Waals surface area contributed by atoms with Crippen molar-refractivity contribution in [3.05, 3.63) is 29.6 Å². The van der Waals surface area contributed by atoms with Gasteiger partial charge in [-0.2, -0.15) is 4.31 Å². The second kappa shape index (κ2) is 6.42. The van der Waals surface area contributed by atoms with Gasteiger partial charge in [-0.25, -0.2) is 12.8 Å². The normalized spacial score (nSPS) is 23.5. The Hall–Kier alpha value is -0.980. The molecule has 1 fully saturated rings. The van der Waals surface area contributed by atoms with Crippen LogP contribution in [-0.4, -0.2) is 37.5 Å². The SMILES string of the molecule is Cc1cc(F)cc(S(=O)(=O)N(C)C2CCC(CO)CC2)c1. The number of hydrogen-bond acceptors (Lipinski definition) is 3. The van der Waals surface area contributed by atoms with Gasteiger partial charge >= 0.3 is 0 Å². The maximum atomic E-state index is 13.5. The fourth-order valence-electron chi connectivity index (χ4n) is 2.91. The Kier molecular flexibility index (Phi) is 5.01. The van der Waals surface area contributed by atoms with E-state index in [9.17, 15) is 12.8 Å². The van der Waals surface area contributed by atoms with Gasteiger partial charge in [-0.05, 0) is 62.3 Å². The first-order valence-electron chi connectivity index (χ1n) is 7.20. The number of halogens is 1. The van der Waals surface area contributed by atoms with Gasteiger partial charge in [0.15, 0.2) is 0 Å². The number of aliphatic hydroxyl groups is 1. The molecule has 0 aliphatic heterocycles. The summed E-state index contributed by atoms with van der Waals surface area (Å²) in [7, 11) is -2.12. The molecule has 0 spiro atoms. The minimum atomic E-state index is -3.68. The number of nitrogens with zero attached hydrogens (tertiary/aromatic N) is 1. The molecular formula is C15H22FNO3S. The van der Waals surface area contributed by atoms with Crippen molar-refractivity contribution in [2.75, 3.05) is 13.7 Å². The molecule has 0 atom stereocenters. The van der Waals surface area contributed by atoms with Gasteiger partial charge in [0.05, 0.1) is 4.90 Å². The Balaban J connectivity index is 2.19. The van der Waals surface area contributed by atoms with E-state index in [1.807, 2.05) is 0 Å². The van der Waals surface area contributed by atoms with E-state index in [0.29, 0.717) is 5.56 Å². The second-order valence-corrected chi connectivity index (χ2v) is 7.84. The molecule has 6 heteroatoms. The van der Waals surface area contributed by atoms with Gasteiger partial charge in [0, 0.05) is 19.7 Å². The van der Waals surface area contributed by atoms with Gasteiger partial charge in [-0.3, -0.25) is 0 Å². The highest BCUT2D eigenvalue weighted by molar-refractivity contribution is 7.89. The summed E-state index contributed by atoms with van der Waals surface area (Å²) in [5.41, 5.74) is 0.589. The average molecular weight is 315 g/mol. The molecule has 21 heavy (non-hydrogen) atoms. The first-order valence-corrected chi connectivity index (χ1v) is 8.64. The lowest BCUT2D eigenvalue weighted by atomic mass is 9.87. The maximum absolute atomic E-state index is 13.5. The molecule has 0 heterocycles. The highest BCUT2D eigenvalue weighted by Gasteiger charge is 2.31. The molecule has 2 rings (SSSR count). The van der Waals surface area contributed by atoms with Gasteiger partial charge < -0.3 is 5.11 Å². The van der Waals surface area contributed by atoms with Crippen molar-refractivity contribution in [3.63, 3.8) is 0 Å². The van der Waals surface area contributed by atoms with Crippen molar-refractivity contribution in [1.29, 1.82) is 0 Å². The first kappa shape index (κ1) is 16.4. The van der Waals surface area contributed by atoms with Crippen molar-refractivity contribution >= 4 is 10.0 Å². The highest BCUT2D eigenvalue weighted by Crippen LogP contribution is 2.30. The van der Waals surface area contributed by atoms with Crippen molar-refractivity contribution in [3.8, 4) is 0 Å². The van der Waals surface area contributed by atoms with Gasteiger partial charge in [0.2, 0.25) is 10.0 Å². The fourth-order valence-corrected chi connectivity index (χ4v) is 4.44. The van der Waals surface area contributed by atoms with Crippen LogP contribution in [0.5, 0.6) is 0 Å². The third kappa shape index (κ3) is 3.62. The Morgan fingerprint density at radius 2 is 1.86 bits per heavy atom. The van der Waals surface area contributed by atoms with E-state index >= 15 is 0 Å². The van der Waals surface area contributed by atoms with Gasteiger partial charge in [-0.1, -0.05) is 0 Å². The molecule has 0 radical (unpaired) electrons. The zero-order valence-corrected chi connectivity index (χ0v) is 13.2. The number of rotatable bonds is 4. The molecule has 0 bridgehead atoms. The van der Waals surface area contributed by atoms with E-state index in [1.54, 1.807) is 14.0 Å². The van der Waals surface area contributed by atoms with E-state index in [2.05, 4.69) is 0 Å². The van der Waals surface area contributed by atoms with Crippen molar-refractivity contribution in [2.24, 2.45) is 5.92 Å². The molecule has 4 nitrogen and oxygen atoms in total. The zero-order chi connectivity index (χ0) is 15.6. The van der Waals surface area contributed by atoms with Crippen LogP contribution in [-0.2, 0) is 10.0 Å². The van der Waals surface area contributed by atoms with Crippen LogP contribution in [0.4, 0.5) is 4.39 Å². The van der Waals surface area contributed by atoms with Crippen LogP contribution in [0, 0.1) is 18.7 Å². The average Bonchev–Trinajstić information content (AvgIpc) is 2.45. The van der Waals surface area contributed by atoms with Crippen LogP contribution >= 0.6 is 0 Å². The summed E-state index contributed by atoms with van der Waals surface area (Å²) in [6, 6.07) is 3.79. The molecule has 0 amide bonds. The zero-order valence-electron chi connectivity index (χ0n) is 12.4. The van der Waals surface area contributed by atoms with E-state index < -0.39 is 15.8 Å². The summed E-state index contributed by atoms with van der Waals surface area (Å²) in [5, 5.41) is 9.14. The molecule has 0 saturated heterocycles. The topological polar surface area (TPSA) is 57.6 Å². The standard InChI is InChI=1S/C15H22FNO3S/c1-11-7-13(16)9-15(8-11)21(19,20)17(2)14-5-3-12(10-18)4-6-14/h7-9,12,14,18H,3-6,10H2,1-2H3. The van der Waals surface area contributed by atoms with Crippen LogP contribution in [0.25, 0.3) is 0 Å². The Morgan fingerprint density at radius 1 is 1.24 bits per heavy atom. The quantitative estimate of drug-likeness (QED) is 0.927. The van der Waals surface area contributed by atoms with E-state index in [0.717, 1.165) is 31.7 Å². The predicted octanol–water partition coefficient (Wildman–Crippen LogP) is 2.31. The molecule has 1 aromatic carbocycles. The molecule has 0 unspecified atom stereocenters.